The lowest BCUT2D eigenvalue weighted by molar-refractivity contribution is -0.384. The molecule has 0 spiro atoms. The first-order valence-corrected chi connectivity index (χ1v) is 8.08. The number of ether oxygens (including phenoxy) is 1. The van der Waals surface area contributed by atoms with E-state index >= 15 is 0 Å². The Balaban J connectivity index is 1.79. The Morgan fingerprint density at radius 1 is 1.18 bits per heavy atom. The van der Waals surface area contributed by atoms with E-state index in [1.54, 1.807) is 0 Å². The highest BCUT2D eigenvalue weighted by molar-refractivity contribution is 6.34. The standard InChI is InChI=1S/C17H13ClFN3O6/c18-12-7-10(22(26)27)5-6-14(12)21-15(23)9-28-16(24)8-20-17(25)11-3-1-2-4-13(11)19/h1-7H,8-9H2,(H,20,25)(H,21,23). The van der Waals surface area contributed by atoms with Gasteiger partial charge in [0.15, 0.2) is 6.61 Å². The molecule has 0 bridgehead atoms. The van der Waals surface area contributed by atoms with Crippen LogP contribution in [0, 0.1) is 15.9 Å². The van der Waals surface area contributed by atoms with Crippen molar-refractivity contribution in [2.75, 3.05) is 18.5 Å². The number of esters is 1. The van der Waals surface area contributed by atoms with Gasteiger partial charge in [-0.1, -0.05) is 23.7 Å². The lowest BCUT2D eigenvalue weighted by atomic mass is 10.2. The first-order valence-electron chi connectivity index (χ1n) is 7.70. The van der Waals surface area contributed by atoms with Crippen LogP contribution in [0.3, 0.4) is 0 Å². The molecule has 0 unspecified atom stereocenters. The first kappa shape index (κ1) is 20.8. The number of benzene rings is 2. The van der Waals surface area contributed by atoms with Crippen molar-refractivity contribution in [3.63, 3.8) is 0 Å². The molecule has 0 fully saturated rings. The number of nitrogens with zero attached hydrogens (tertiary/aromatic N) is 1. The summed E-state index contributed by atoms with van der Waals surface area (Å²) in [5.41, 5.74) is -0.387. The molecule has 0 aliphatic heterocycles. The molecular weight excluding hydrogens is 397 g/mol. The van der Waals surface area contributed by atoms with Crippen LogP contribution in [0.5, 0.6) is 0 Å². The third-order valence-corrected chi connectivity index (χ3v) is 3.63. The number of rotatable bonds is 7. The molecule has 2 rings (SSSR count). The number of carbonyl (C=O) groups is 3. The zero-order valence-corrected chi connectivity index (χ0v) is 14.9. The molecule has 0 aliphatic carbocycles. The second-order valence-corrected chi connectivity index (χ2v) is 5.70. The number of carbonyl (C=O) groups excluding carboxylic acids is 3. The Labute approximate surface area is 162 Å². The third-order valence-electron chi connectivity index (χ3n) is 3.31. The van der Waals surface area contributed by atoms with Crippen molar-refractivity contribution in [2.24, 2.45) is 0 Å². The number of halogens is 2. The highest BCUT2D eigenvalue weighted by atomic mass is 35.5. The summed E-state index contributed by atoms with van der Waals surface area (Å²) in [6.07, 6.45) is 0. The normalized spacial score (nSPS) is 10.1. The molecule has 0 atom stereocenters. The van der Waals surface area contributed by atoms with Gasteiger partial charge in [-0.3, -0.25) is 24.5 Å². The molecule has 2 aromatic rings. The minimum absolute atomic E-state index is 0.0639. The Morgan fingerprint density at radius 2 is 1.89 bits per heavy atom. The number of nitro benzene ring substituents is 1. The van der Waals surface area contributed by atoms with Crippen molar-refractivity contribution in [1.29, 1.82) is 0 Å². The van der Waals surface area contributed by atoms with Gasteiger partial charge in [-0.05, 0) is 18.2 Å². The molecule has 11 heteroatoms. The Bertz CT molecular complexity index is 937. The van der Waals surface area contributed by atoms with E-state index < -0.39 is 41.7 Å². The number of nitrogens with one attached hydrogen (secondary N) is 2. The Kier molecular flexibility index (Phi) is 6.99. The van der Waals surface area contributed by atoms with Crippen LogP contribution < -0.4 is 10.6 Å². The lowest BCUT2D eigenvalue weighted by Gasteiger charge is -2.09. The van der Waals surface area contributed by atoms with E-state index in [0.29, 0.717) is 0 Å². The molecule has 28 heavy (non-hydrogen) atoms. The second kappa shape index (κ2) is 9.42. The topological polar surface area (TPSA) is 128 Å². The van der Waals surface area contributed by atoms with Crippen molar-refractivity contribution in [2.45, 2.75) is 0 Å². The van der Waals surface area contributed by atoms with E-state index in [0.717, 1.165) is 18.2 Å². The summed E-state index contributed by atoms with van der Waals surface area (Å²) >= 11 is 5.83. The summed E-state index contributed by atoms with van der Waals surface area (Å²) in [7, 11) is 0. The van der Waals surface area contributed by atoms with Crippen LogP contribution in [0.1, 0.15) is 10.4 Å². The minimum atomic E-state index is -0.922. The summed E-state index contributed by atoms with van der Waals surface area (Å²) in [4.78, 5) is 45.1. The lowest BCUT2D eigenvalue weighted by Crippen LogP contribution is -2.32. The predicted octanol–water partition coefficient (Wildman–Crippen LogP) is 2.30. The van der Waals surface area contributed by atoms with Crippen molar-refractivity contribution < 1.29 is 28.4 Å². The second-order valence-electron chi connectivity index (χ2n) is 5.29. The van der Waals surface area contributed by atoms with E-state index in [1.165, 1.54) is 24.3 Å². The molecule has 0 aromatic heterocycles. The third kappa shape index (κ3) is 5.74. The van der Waals surface area contributed by atoms with Gasteiger partial charge in [0, 0.05) is 12.1 Å². The molecule has 146 valence electrons. The van der Waals surface area contributed by atoms with Crippen LogP contribution in [0.4, 0.5) is 15.8 Å². The fraction of sp³-hybridized carbons (Fsp3) is 0.118. The number of nitro groups is 1. The SMILES string of the molecule is O=C(COC(=O)CNC(=O)c1ccccc1F)Nc1ccc([N+](=O)[O-])cc1Cl. The molecule has 2 N–H and O–H groups in total. The summed E-state index contributed by atoms with van der Waals surface area (Å²) in [5, 5.41) is 15.1. The maximum Gasteiger partial charge on any atom is 0.325 e. The monoisotopic (exact) mass is 409 g/mol. The van der Waals surface area contributed by atoms with Crippen LogP contribution in [-0.2, 0) is 14.3 Å². The van der Waals surface area contributed by atoms with Gasteiger partial charge in [-0.2, -0.15) is 0 Å². The van der Waals surface area contributed by atoms with E-state index in [2.05, 4.69) is 15.4 Å². The van der Waals surface area contributed by atoms with Gasteiger partial charge in [0.2, 0.25) is 0 Å². The number of hydrogen-bond donors (Lipinski definition) is 2. The van der Waals surface area contributed by atoms with Crippen molar-refractivity contribution in [3.8, 4) is 0 Å². The van der Waals surface area contributed by atoms with E-state index in [1.807, 2.05) is 0 Å². The zero-order valence-electron chi connectivity index (χ0n) is 14.1. The van der Waals surface area contributed by atoms with Crippen molar-refractivity contribution in [1.82, 2.24) is 5.32 Å². The molecule has 0 saturated heterocycles. The van der Waals surface area contributed by atoms with Gasteiger partial charge in [-0.25, -0.2) is 4.39 Å². The number of non-ortho nitro benzene ring substituents is 1. The maximum atomic E-state index is 13.4. The highest BCUT2D eigenvalue weighted by Crippen LogP contribution is 2.26. The molecule has 0 saturated carbocycles. The van der Waals surface area contributed by atoms with Gasteiger partial charge < -0.3 is 15.4 Å². The Hall–Kier alpha value is -3.53. The average molecular weight is 410 g/mol. The van der Waals surface area contributed by atoms with Crippen LogP contribution in [0.15, 0.2) is 42.5 Å². The van der Waals surface area contributed by atoms with Gasteiger partial charge in [0.05, 0.1) is 21.2 Å². The quantitative estimate of drug-likeness (QED) is 0.410. The summed E-state index contributed by atoms with van der Waals surface area (Å²) in [6.45, 7) is -1.25. The van der Waals surface area contributed by atoms with E-state index in [9.17, 15) is 28.9 Å². The summed E-state index contributed by atoms with van der Waals surface area (Å²) in [5.74, 6) is -3.22. The first-order chi connectivity index (χ1) is 13.3. The van der Waals surface area contributed by atoms with Gasteiger partial charge in [0.1, 0.15) is 12.4 Å². The smallest absolute Gasteiger partial charge is 0.325 e. The number of amides is 2. The zero-order chi connectivity index (χ0) is 20.7. The molecule has 0 heterocycles. The fourth-order valence-corrected chi connectivity index (χ4v) is 2.22. The van der Waals surface area contributed by atoms with Crippen molar-refractivity contribution >= 4 is 40.8 Å². The van der Waals surface area contributed by atoms with E-state index in [4.69, 9.17) is 11.6 Å². The largest absolute Gasteiger partial charge is 0.454 e. The van der Waals surface area contributed by atoms with Crippen LogP contribution in [0.2, 0.25) is 5.02 Å². The summed E-state index contributed by atoms with van der Waals surface area (Å²) in [6, 6.07) is 8.65. The van der Waals surface area contributed by atoms with Crippen LogP contribution in [0.25, 0.3) is 0 Å². The molecule has 2 aromatic carbocycles. The Morgan fingerprint density at radius 3 is 2.54 bits per heavy atom. The predicted molar refractivity (Wildman–Crippen MR) is 96.4 cm³/mol. The molecular formula is C17H13ClFN3O6. The highest BCUT2D eigenvalue weighted by Gasteiger charge is 2.15. The average Bonchev–Trinajstić information content (AvgIpc) is 2.66. The maximum absolute atomic E-state index is 13.4. The van der Waals surface area contributed by atoms with Gasteiger partial charge in [-0.15, -0.1) is 0 Å². The van der Waals surface area contributed by atoms with Gasteiger partial charge in [0.25, 0.3) is 17.5 Å². The molecule has 0 radical (unpaired) electrons. The number of hydrogen-bond acceptors (Lipinski definition) is 6. The van der Waals surface area contributed by atoms with E-state index in [-0.39, 0.29) is 22.0 Å². The number of anilines is 1. The fourth-order valence-electron chi connectivity index (χ4n) is 2.00. The van der Waals surface area contributed by atoms with Crippen LogP contribution in [-0.4, -0.2) is 35.9 Å². The molecule has 0 aliphatic rings. The minimum Gasteiger partial charge on any atom is -0.454 e. The molecule has 2 amide bonds. The molecule has 9 nitrogen and oxygen atoms in total. The van der Waals surface area contributed by atoms with Crippen LogP contribution >= 0.6 is 11.6 Å². The summed E-state index contributed by atoms with van der Waals surface area (Å²) < 4.78 is 18.1. The van der Waals surface area contributed by atoms with Gasteiger partial charge >= 0.3 is 5.97 Å². The van der Waals surface area contributed by atoms with Crippen molar-refractivity contribution in [3.05, 3.63) is 69.0 Å².